The van der Waals surface area contributed by atoms with Crippen molar-refractivity contribution < 1.29 is 30.0 Å². The van der Waals surface area contributed by atoms with E-state index in [0.29, 0.717) is 11.1 Å². The normalized spacial score (nSPS) is 11.7. The van der Waals surface area contributed by atoms with Gasteiger partial charge in [-0.3, -0.25) is 0 Å². The number of hydrogen-bond acceptors (Lipinski definition) is 4. The third-order valence-corrected chi connectivity index (χ3v) is 4.17. The molecule has 0 aliphatic carbocycles. The van der Waals surface area contributed by atoms with E-state index in [4.69, 9.17) is 15.3 Å². The van der Waals surface area contributed by atoms with Gasteiger partial charge < -0.3 is 20.4 Å². The summed E-state index contributed by atoms with van der Waals surface area (Å²) >= 11 is 0. The largest absolute Gasteiger partial charge is 0.478 e. The summed E-state index contributed by atoms with van der Waals surface area (Å²) in [4.78, 5) is 20.4. The van der Waals surface area contributed by atoms with Crippen LogP contribution in [0.25, 0.3) is 0 Å². The van der Waals surface area contributed by atoms with Crippen LogP contribution in [0, 0.1) is 5.92 Å². The van der Waals surface area contributed by atoms with Crippen molar-refractivity contribution in [1.29, 1.82) is 0 Å². The summed E-state index contributed by atoms with van der Waals surface area (Å²) in [6.07, 6.45) is 3.61. The van der Waals surface area contributed by atoms with E-state index in [2.05, 4.69) is 6.92 Å². The van der Waals surface area contributed by atoms with E-state index < -0.39 is 11.9 Å². The van der Waals surface area contributed by atoms with Crippen molar-refractivity contribution in [2.45, 2.75) is 45.6 Å². The van der Waals surface area contributed by atoms with Crippen LogP contribution in [-0.4, -0.2) is 45.1 Å². The number of carbonyl (C=O) groups is 2. The van der Waals surface area contributed by atoms with Crippen LogP contribution in [0.5, 0.6) is 0 Å². The molecule has 0 saturated carbocycles. The molecule has 0 fully saturated rings. The molecule has 2 rings (SSSR count). The van der Waals surface area contributed by atoms with Gasteiger partial charge in [-0.2, -0.15) is 0 Å². The molecule has 6 nitrogen and oxygen atoms in total. The van der Waals surface area contributed by atoms with Crippen molar-refractivity contribution in [3.63, 3.8) is 0 Å². The lowest BCUT2D eigenvalue weighted by molar-refractivity contribution is 0.0585. The number of hydrogen-bond donors (Lipinski definition) is 4. The fourth-order valence-electron chi connectivity index (χ4n) is 2.37. The number of carboxylic acid groups (broad SMARTS) is 2. The zero-order valence-electron chi connectivity index (χ0n) is 17.1. The second-order valence-corrected chi connectivity index (χ2v) is 6.40. The molecule has 2 atom stereocenters. The molecular weight excluding hydrogens is 372 g/mol. The first-order valence-corrected chi connectivity index (χ1v) is 9.72. The predicted octanol–water partition coefficient (Wildman–Crippen LogP) is 4.33. The maximum atomic E-state index is 10.2. The molecule has 6 heteroatoms. The van der Waals surface area contributed by atoms with Crippen molar-refractivity contribution in [2.75, 3.05) is 6.61 Å². The summed E-state index contributed by atoms with van der Waals surface area (Å²) in [6, 6.07) is 16.6. The first-order valence-electron chi connectivity index (χ1n) is 9.72. The van der Waals surface area contributed by atoms with Gasteiger partial charge in [0, 0.05) is 12.5 Å². The molecule has 0 amide bonds. The molecule has 0 heterocycles. The fraction of sp³-hybridized carbons (Fsp3) is 0.391. The number of aromatic carboxylic acids is 2. The highest BCUT2D eigenvalue weighted by Crippen LogP contribution is 2.14. The lowest BCUT2D eigenvalue weighted by Gasteiger charge is -2.18. The van der Waals surface area contributed by atoms with Crippen LogP contribution < -0.4 is 0 Å². The van der Waals surface area contributed by atoms with E-state index in [0.717, 1.165) is 25.7 Å². The second-order valence-electron chi connectivity index (χ2n) is 6.40. The summed E-state index contributed by atoms with van der Waals surface area (Å²) < 4.78 is 0. The van der Waals surface area contributed by atoms with Crippen LogP contribution in [0.1, 0.15) is 60.2 Å². The molecule has 4 N–H and O–H groups in total. The smallest absolute Gasteiger partial charge is 0.335 e. The number of carboxylic acids is 2. The van der Waals surface area contributed by atoms with E-state index in [1.807, 2.05) is 6.92 Å². The van der Waals surface area contributed by atoms with Crippen LogP contribution >= 0.6 is 0 Å². The summed E-state index contributed by atoms with van der Waals surface area (Å²) in [7, 11) is 0. The summed E-state index contributed by atoms with van der Waals surface area (Å²) in [5, 5.41) is 35.0. The first kappa shape index (κ1) is 26.3. The van der Waals surface area contributed by atoms with Crippen LogP contribution in [0.3, 0.4) is 0 Å². The van der Waals surface area contributed by atoms with Crippen molar-refractivity contribution in [1.82, 2.24) is 0 Å². The highest BCUT2D eigenvalue weighted by atomic mass is 16.4. The van der Waals surface area contributed by atoms with Gasteiger partial charge in [0.05, 0.1) is 17.2 Å². The van der Waals surface area contributed by atoms with Crippen molar-refractivity contribution in [3.05, 3.63) is 71.8 Å². The Labute approximate surface area is 172 Å². The Bertz CT molecular complexity index is 623. The lowest BCUT2D eigenvalue weighted by Crippen LogP contribution is -2.22. The van der Waals surface area contributed by atoms with Crippen LogP contribution in [0.2, 0.25) is 0 Å². The number of unbranched alkanes of at least 4 members (excludes halogenated alkanes) is 1. The minimum atomic E-state index is -0.879. The average Bonchev–Trinajstić information content (AvgIpc) is 2.76. The van der Waals surface area contributed by atoms with E-state index in [1.54, 1.807) is 60.7 Å². The number of aliphatic hydroxyl groups is 2. The Balaban J connectivity index is 0.000000408. The molecule has 29 heavy (non-hydrogen) atoms. The van der Waals surface area contributed by atoms with Crippen LogP contribution in [-0.2, 0) is 0 Å². The standard InChI is InChI=1S/C9H20O2.2C7H6O2/c1-3-5-6-8(7-10)9(11)4-2;2*8-7(9)6-4-2-1-3-5-6/h8-11H,3-7H2,1-2H3;2*1-5H,(H,8,9). The monoisotopic (exact) mass is 404 g/mol. The minimum Gasteiger partial charge on any atom is -0.478 e. The third-order valence-electron chi connectivity index (χ3n) is 4.17. The molecule has 0 spiro atoms. The molecule has 0 saturated heterocycles. The molecule has 0 radical (unpaired) electrons. The summed E-state index contributed by atoms with van der Waals surface area (Å²) in [5.74, 6) is -1.66. The zero-order chi connectivity index (χ0) is 22.1. The Morgan fingerprint density at radius 3 is 1.48 bits per heavy atom. The van der Waals surface area contributed by atoms with Crippen molar-refractivity contribution in [3.8, 4) is 0 Å². The molecule has 0 aromatic heterocycles. The van der Waals surface area contributed by atoms with Gasteiger partial charge >= 0.3 is 11.9 Å². The quantitative estimate of drug-likeness (QED) is 0.521. The topological polar surface area (TPSA) is 115 Å². The molecule has 0 aliphatic heterocycles. The highest BCUT2D eigenvalue weighted by molar-refractivity contribution is 5.87. The SMILES string of the molecule is CCCCC(CO)C(O)CC.O=C(O)c1ccccc1.O=C(O)c1ccccc1. The third kappa shape index (κ3) is 12.4. The molecule has 2 unspecified atom stereocenters. The summed E-state index contributed by atoms with van der Waals surface area (Å²) in [5.41, 5.74) is 0.662. The van der Waals surface area contributed by atoms with E-state index in [-0.39, 0.29) is 18.6 Å². The van der Waals surface area contributed by atoms with Crippen LogP contribution in [0.4, 0.5) is 0 Å². The molecule has 2 aromatic carbocycles. The van der Waals surface area contributed by atoms with Gasteiger partial charge in [0.15, 0.2) is 0 Å². The van der Waals surface area contributed by atoms with Gasteiger partial charge in [0.1, 0.15) is 0 Å². The Morgan fingerprint density at radius 1 is 0.828 bits per heavy atom. The highest BCUT2D eigenvalue weighted by Gasteiger charge is 2.15. The first-order chi connectivity index (χ1) is 13.9. The van der Waals surface area contributed by atoms with Crippen LogP contribution in [0.15, 0.2) is 60.7 Å². The van der Waals surface area contributed by atoms with Gasteiger partial charge in [-0.15, -0.1) is 0 Å². The molecule has 160 valence electrons. The van der Waals surface area contributed by atoms with E-state index >= 15 is 0 Å². The van der Waals surface area contributed by atoms with E-state index in [1.165, 1.54) is 0 Å². The van der Waals surface area contributed by atoms with Gasteiger partial charge in [0.2, 0.25) is 0 Å². The maximum absolute atomic E-state index is 10.2. The maximum Gasteiger partial charge on any atom is 0.335 e. The van der Waals surface area contributed by atoms with E-state index in [9.17, 15) is 14.7 Å². The minimum absolute atomic E-state index is 0.0972. The predicted molar refractivity (Wildman–Crippen MR) is 113 cm³/mol. The summed E-state index contributed by atoms with van der Waals surface area (Å²) in [6.45, 7) is 4.18. The Kier molecular flexibility index (Phi) is 14.8. The van der Waals surface area contributed by atoms with Gasteiger partial charge in [-0.1, -0.05) is 63.1 Å². The molecule has 2 aromatic rings. The Morgan fingerprint density at radius 2 is 1.24 bits per heavy atom. The number of aliphatic hydroxyl groups excluding tert-OH is 2. The molecular formula is C23H32O6. The molecule has 0 aliphatic rings. The molecule has 0 bridgehead atoms. The lowest BCUT2D eigenvalue weighted by atomic mass is 9.95. The van der Waals surface area contributed by atoms with Gasteiger partial charge in [0.25, 0.3) is 0 Å². The second kappa shape index (κ2) is 16.3. The number of benzene rings is 2. The van der Waals surface area contributed by atoms with Crippen molar-refractivity contribution in [2.24, 2.45) is 5.92 Å². The average molecular weight is 405 g/mol. The zero-order valence-corrected chi connectivity index (χ0v) is 17.1. The van der Waals surface area contributed by atoms with Gasteiger partial charge in [-0.05, 0) is 37.1 Å². The van der Waals surface area contributed by atoms with Crippen molar-refractivity contribution >= 4 is 11.9 Å². The number of rotatable bonds is 8. The van der Waals surface area contributed by atoms with Gasteiger partial charge in [-0.25, -0.2) is 9.59 Å². The fourth-order valence-corrected chi connectivity index (χ4v) is 2.37. The Hall–Kier alpha value is -2.70.